The van der Waals surface area contributed by atoms with Crippen molar-refractivity contribution >= 4 is 43.1 Å². The molecule has 0 bridgehead atoms. The molecule has 6 aromatic rings. The fourth-order valence-electron chi connectivity index (χ4n) is 4.00. The third kappa shape index (κ3) is 7.06. The topological polar surface area (TPSA) is 180 Å². The SMILES string of the molecule is Nc1ccc(S(=O)(=O)Nc2ccnn2-c2ccccc2)cc1.Nc1ccc(S(=O)(=O)Nc2ccnn2-c2ccccc2)cc1. The maximum absolute atomic E-state index is 12.4. The molecular formula is C30H28N8O4S2. The van der Waals surface area contributed by atoms with Gasteiger partial charge in [-0.05, 0) is 72.8 Å². The van der Waals surface area contributed by atoms with Crippen molar-refractivity contribution in [2.24, 2.45) is 0 Å². The number of nitrogens with two attached hydrogens (primary N) is 2. The smallest absolute Gasteiger partial charge is 0.263 e. The van der Waals surface area contributed by atoms with Crippen molar-refractivity contribution < 1.29 is 16.8 Å². The van der Waals surface area contributed by atoms with Gasteiger partial charge in [-0.25, -0.2) is 26.2 Å². The molecule has 0 aliphatic carbocycles. The summed E-state index contributed by atoms with van der Waals surface area (Å²) in [4.78, 5) is 0.282. The Morgan fingerprint density at radius 2 is 0.818 bits per heavy atom. The summed E-state index contributed by atoms with van der Waals surface area (Å²) >= 11 is 0. The molecule has 14 heteroatoms. The molecule has 0 saturated heterocycles. The Hall–Kier alpha value is -5.60. The maximum atomic E-state index is 12.4. The van der Waals surface area contributed by atoms with Crippen LogP contribution in [0, 0.1) is 0 Å². The number of nitrogens with zero attached hydrogens (tertiary/aromatic N) is 4. The normalized spacial score (nSPS) is 11.3. The van der Waals surface area contributed by atoms with Gasteiger partial charge in [0.05, 0.1) is 33.6 Å². The third-order valence-corrected chi connectivity index (χ3v) is 8.89. The van der Waals surface area contributed by atoms with Gasteiger partial charge in [-0.1, -0.05) is 36.4 Å². The minimum atomic E-state index is -3.70. The number of para-hydroxylation sites is 2. The number of nitrogen functional groups attached to an aromatic ring is 2. The van der Waals surface area contributed by atoms with Crippen LogP contribution in [0.2, 0.25) is 0 Å². The molecule has 0 fully saturated rings. The van der Waals surface area contributed by atoms with Crippen LogP contribution in [0.3, 0.4) is 0 Å². The predicted molar refractivity (Wildman–Crippen MR) is 170 cm³/mol. The van der Waals surface area contributed by atoms with Gasteiger partial charge in [0.15, 0.2) is 0 Å². The lowest BCUT2D eigenvalue weighted by Gasteiger charge is -2.10. The van der Waals surface area contributed by atoms with Crippen molar-refractivity contribution in [2.45, 2.75) is 9.79 Å². The van der Waals surface area contributed by atoms with E-state index in [2.05, 4.69) is 19.6 Å². The molecule has 0 aliphatic heterocycles. The Kier molecular flexibility index (Phi) is 8.64. The zero-order chi connectivity index (χ0) is 31.2. The van der Waals surface area contributed by atoms with Crippen LogP contribution in [0.15, 0.2) is 144 Å². The molecule has 0 saturated carbocycles. The number of anilines is 4. The van der Waals surface area contributed by atoms with Crippen molar-refractivity contribution in [3.63, 3.8) is 0 Å². The van der Waals surface area contributed by atoms with Gasteiger partial charge in [0.1, 0.15) is 11.6 Å². The molecule has 44 heavy (non-hydrogen) atoms. The van der Waals surface area contributed by atoms with E-state index in [9.17, 15) is 16.8 Å². The average Bonchev–Trinajstić information content (AvgIpc) is 3.68. The Morgan fingerprint density at radius 1 is 0.477 bits per heavy atom. The first-order valence-electron chi connectivity index (χ1n) is 13.1. The van der Waals surface area contributed by atoms with Crippen LogP contribution >= 0.6 is 0 Å². The van der Waals surface area contributed by atoms with E-state index in [4.69, 9.17) is 11.5 Å². The van der Waals surface area contributed by atoms with Crippen molar-refractivity contribution in [1.82, 2.24) is 19.6 Å². The fraction of sp³-hybridized carbons (Fsp3) is 0. The highest BCUT2D eigenvalue weighted by molar-refractivity contribution is 7.93. The Bertz CT molecular complexity index is 1890. The first kappa shape index (κ1) is 29.9. The molecule has 0 radical (unpaired) electrons. The summed E-state index contributed by atoms with van der Waals surface area (Å²) in [5.74, 6) is 0.728. The molecule has 4 aromatic carbocycles. The van der Waals surface area contributed by atoms with Gasteiger partial charge < -0.3 is 11.5 Å². The Balaban J connectivity index is 0.000000175. The third-order valence-electron chi connectivity index (χ3n) is 6.15. The van der Waals surface area contributed by atoms with Crippen molar-refractivity contribution in [3.8, 4) is 11.4 Å². The molecule has 0 amide bonds. The molecule has 0 spiro atoms. The highest BCUT2D eigenvalue weighted by atomic mass is 32.2. The fourth-order valence-corrected chi connectivity index (χ4v) is 6.08. The van der Waals surface area contributed by atoms with Gasteiger partial charge in [-0.2, -0.15) is 10.2 Å². The van der Waals surface area contributed by atoms with E-state index in [1.807, 2.05) is 60.7 Å². The molecule has 6 N–H and O–H groups in total. The van der Waals surface area contributed by atoms with E-state index in [0.717, 1.165) is 11.4 Å². The van der Waals surface area contributed by atoms with Crippen molar-refractivity contribution in [2.75, 3.05) is 20.9 Å². The molecule has 12 nitrogen and oxygen atoms in total. The molecule has 0 atom stereocenters. The van der Waals surface area contributed by atoms with E-state index in [1.165, 1.54) is 46.0 Å². The van der Waals surface area contributed by atoms with Gasteiger partial charge in [0.2, 0.25) is 0 Å². The number of aromatic nitrogens is 4. The lowest BCUT2D eigenvalue weighted by atomic mass is 10.3. The highest BCUT2D eigenvalue weighted by Gasteiger charge is 2.18. The Labute approximate surface area is 254 Å². The van der Waals surface area contributed by atoms with Crippen LogP contribution in [0.1, 0.15) is 0 Å². The average molecular weight is 629 g/mol. The van der Waals surface area contributed by atoms with E-state index in [-0.39, 0.29) is 9.79 Å². The van der Waals surface area contributed by atoms with E-state index in [1.54, 1.807) is 36.4 Å². The maximum Gasteiger partial charge on any atom is 0.263 e. The van der Waals surface area contributed by atoms with Gasteiger partial charge in [-0.3, -0.25) is 9.44 Å². The number of nitrogens with one attached hydrogen (secondary N) is 2. The number of sulfonamides is 2. The molecule has 2 aromatic heterocycles. The minimum absolute atomic E-state index is 0.141. The first-order valence-corrected chi connectivity index (χ1v) is 16.0. The number of hydrogen-bond acceptors (Lipinski definition) is 8. The van der Waals surface area contributed by atoms with Crippen LogP contribution in [-0.4, -0.2) is 36.4 Å². The lowest BCUT2D eigenvalue weighted by molar-refractivity contribution is 0.599. The van der Waals surface area contributed by atoms with Crippen LogP contribution in [0.4, 0.5) is 23.0 Å². The Morgan fingerprint density at radius 3 is 1.16 bits per heavy atom. The van der Waals surface area contributed by atoms with Crippen LogP contribution in [-0.2, 0) is 20.0 Å². The summed E-state index contributed by atoms with van der Waals surface area (Å²) in [6.07, 6.45) is 3.07. The quantitative estimate of drug-likeness (QED) is 0.178. The molecule has 0 aliphatic rings. The second-order valence-corrected chi connectivity index (χ2v) is 12.6. The predicted octanol–water partition coefficient (Wildman–Crippen LogP) is 4.51. The molecule has 6 rings (SSSR count). The molecular weight excluding hydrogens is 601 g/mol. The summed E-state index contributed by atoms with van der Waals surface area (Å²) in [7, 11) is -7.39. The van der Waals surface area contributed by atoms with Crippen molar-refractivity contribution in [1.29, 1.82) is 0 Å². The zero-order valence-electron chi connectivity index (χ0n) is 23.1. The highest BCUT2D eigenvalue weighted by Crippen LogP contribution is 2.21. The molecule has 224 valence electrons. The molecule has 0 unspecified atom stereocenters. The number of rotatable bonds is 8. The second-order valence-electron chi connectivity index (χ2n) is 9.28. The zero-order valence-corrected chi connectivity index (χ0v) is 24.7. The van der Waals surface area contributed by atoms with Crippen LogP contribution in [0.5, 0.6) is 0 Å². The summed E-state index contributed by atoms with van der Waals surface area (Å²) < 4.78 is 57.7. The van der Waals surface area contributed by atoms with Crippen molar-refractivity contribution in [3.05, 3.63) is 134 Å². The summed E-state index contributed by atoms with van der Waals surface area (Å²) in [6, 6.07) is 33.8. The minimum Gasteiger partial charge on any atom is -0.399 e. The summed E-state index contributed by atoms with van der Waals surface area (Å²) in [6.45, 7) is 0. The summed E-state index contributed by atoms with van der Waals surface area (Å²) in [5.41, 5.74) is 13.7. The lowest BCUT2D eigenvalue weighted by Crippen LogP contribution is -2.16. The van der Waals surface area contributed by atoms with Gasteiger partial charge in [0.25, 0.3) is 20.0 Å². The van der Waals surface area contributed by atoms with Crippen LogP contribution < -0.4 is 20.9 Å². The number of hydrogen-bond donors (Lipinski definition) is 4. The van der Waals surface area contributed by atoms with Gasteiger partial charge in [-0.15, -0.1) is 0 Å². The van der Waals surface area contributed by atoms with E-state index in [0.29, 0.717) is 23.0 Å². The van der Waals surface area contributed by atoms with E-state index >= 15 is 0 Å². The second kappa shape index (κ2) is 12.7. The number of benzene rings is 4. The van der Waals surface area contributed by atoms with Gasteiger partial charge in [0, 0.05) is 23.5 Å². The largest absolute Gasteiger partial charge is 0.399 e. The monoisotopic (exact) mass is 628 g/mol. The van der Waals surface area contributed by atoms with Gasteiger partial charge >= 0.3 is 0 Å². The first-order chi connectivity index (χ1) is 21.1. The standard InChI is InChI=1S/2C15H14N4O2S/c2*16-12-6-8-14(9-7-12)22(20,21)18-15-10-11-17-19(15)13-4-2-1-3-5-13/h2*1-11,18H,16H2. The molecule has 2 heterocycles. The van der Waals surface area contributed by atoms with E-state index < -0.39 is 20.0 Å². The van der Waals surface area contributed by atoms with Crippen LogP contribution in [0.25, 0.3) is 11.4 Å². The summed E-state index contributed by atoms with van der Waals surface area (Å²) in [5, 5.41) is 8.30.